The van der Waals surface area contributed by atoms with E-state index < -0.39 is 0 Å². The molecule has 1 nitrogen and oxygen atoms in total. The smallest absolute Gasteiger partial charge is 0.123 e. The van der Waals surface area contributed by atoms with Crippen molar-refractivity contribution in [2.45, 2.75) is 13.5 Å². The van der Waals surface area contributed by atoms with Gasteiger partial charge in [0.2, 0.25) is 0 Å². The van der Waals surface area contributed by atoms with Crippen LogP contribution < -0.4 is 5.32 Å². The Kier molecular flexibility index (Phi) is 6.17. The van der Waals surface area contributed by atoms with E-state index in [1.54, 1.807) is 6.07 Å². The van der Waals surface area contributed by atoms with Gasteiger partial charge in [0.1, 0.15) is 5.82 Å². The Hall–Kier alpha value is -0.250. The molecule has 1 unspecified atom stereocenters. The molecule has 1 aromatic carbocycles. The highest BCUT2D eigenvalue weighted by Gasteiger charge is 2.04. The lowest BCUT2D eigenvalue weighted by atomic mass is 10.2. The fourth-order valence-electron chi connectivity index (χ4n) is 1.48. The van der Waals surface area contributed by atoms with Crippen LogP contribution in [-0.2, 0) is 6.54 Å². The second kappa shape index (κ2) is 7.15. The zero-order valence-corrected chi connectivity index (χ0v) is 11.2. The molecule has 0 saturated carbocycles. The third-order valence-electron chi connectivity index (χ3n) is 2.27. The van der Waals surface area contributed by atoms with E-state index in [4.69, 9.17) is 11.6 Å². The Morgan fingerprint density at radius 2 is 2.25 bits per heavy atom. The summed E-state index contributed by atoms with van der Waals surface area (Å²) in [5, 5.41) is 3.91. The minimum Gasteiger partial charge on any atom is -0.312 e. The monoisotopic (exact) mass is 261 g/mol. The summed E-state index contributed by atoms with van der Waals surface area (Å²) >= 11 is 7.80. The normalized spacial score (nSPS) is 12.8. The lowest BCUT2D eigenvalue weighted by molar-refractivity contribution is 0.557. The second-order valence-electron chi connectivity index (χ2n) is 3.93. The summed E-state index contributed by atoms with van der Waals surface area (Å²) in [7, 11) is 0. The molecular formula is C12H17ClFNS. The van der Waals surface area contributed by atoms with E-state index in [0.717, 1.165) is 17.9 Å². The van der Waals surface area contributed by atoms with Gasteiger partial charge in [0, 0.05) is 11.6 Å². The molecule has 4 heteroatoms. The molecule has 16 heavy (non-hydrogen) atoms. The van der Waals surface area contributed by atoms with Gasteiger partial charge in [-0.1, -0.05) is 18.5 Å². The molecule has 1 aromatic rings. The largest absolute Gasteiger partial charge is 0.312 e. The zero-order valence-electron chi connectivity index (χ0n) is 9.59. The molecule has 0 bridgehead atoms. The quantitative estimate of drug-likeness (QED) is 0.840. The van der Waals surface area contributed by atoms with Gasteiger partial charge >= 0.3 is 0 Å². The van der Waals surface area contributed by atoms with Crippen molar-refractivity contribution in [1.82, 2.24) is 5.32 Å². The predicted molar refractivity (Wildman–Crippen MR) is 70.7 cm³/mol. The molecular weight excluding hydrogens is 245 g/mol. The van der Waals surface area contributed by atoms with E-state index in [1.165, 1.54) is 12.1 Å². The van der Waals surface area contributed by atoms with Crippen molar-refractivity contribution in [3.05, 3.63) is 34.6 Å². The van der Waals surface area contributed by atoms with Gasteiger partial charge in [-0.15, -0.1) is 0 Å². The predicted octanol–water partition coefficient (Wildman–Crippen LogP) is 3.57. The minimum atomic E-state index is -0.238. The highest BCUT2D eigenvalue weighted by atomic mass is 35.5. The van der Waals surface area contributed by atoms with E-state index in [0.29, 0.717) is 17.5 Å². The van der Waals surface area contributed by atoms with Crippen LogP contribution in [-0.4, -0.2) is 18.6 Å². The molecule has 1 N–H and O–H groups in total. The average Bonchev–Trinajstić information content (AvgIpc) is 2.23. The molecule has 0 aliphatic rings. The molecule has 0 heterocycles. The summed E-state index contributed by atoms with van der Waals surface area (Å²) in [6, 6.07) is 4.45. The van der Waals surface area contributed by atoms with Gasteiger partial charge in [0.05, 0.1) is 0 Å². The Morgan fingerprint density at radius 3 is 2.94 bits per heavy atom. The van der Waals surface area contributed by atoms with Crippen LogP contribution in [0.5, 0.6) is 0 Å². The first-order valence-electron chi connectivity index (χ1n) is 5.27. The first-order valence-corrected chi connectivity index (χ1v) is 7.04. The van der Waals surface area contributed by atoms with Crippen molar-refractivity contribution < 1.29 is 4.39 Å². The third-order valence-corrected chi connectivity index (χ3v) is 3.54. The van der Waals surface area contributed by atoms with Gasteiger partial charge in [-0.05, 0) is 48.2 Å². The Balaban J connectivity index is 2.39. The molecule has 1 rings (SSSR count). The van der Waals surface area contributed by atoms with Crippen LogP contribution in [0.1, 0.15) is 12.5 Å². The number of thioether (sulfide) groups is 1. The second-order valence-corrected chi connectivity index (χ2v) is 5.25. The first kappa shape index (κ1) is 13.8. The topological polar surface area (TPSA) is 12.0 Å². The molecule has 0 spiro atoms. The van der Waals surface area contributed by atoms with Crippen molar-refractivity contribution in [2.24, 2.45) is 5.92 Å². The number of rotatable bonds is 6. The van der Waals surface area contributed by atoms with Gasteiger partial charge in [-0.2, -0.15) is 11.8 Å². The van der Waals surface area contributed by atoms with Crippen molar-refractivity contribution in [2.75, 3.05) is 18.6 Å². The highest BCUT2D eigenvalue weighted by Crippen LogP contribution is 2.16. The molecule has 90 valence electrons. The Bertz CT molecular complexity index is 333. The van der Waals surface area contributed by atoms with Crippen LogP contribution in [0, 0.1) is 11.7 Å². The minimum absolute atomic E-state index is 0.238. The van der Waals surface area contributed by atoms with Crippen LogP contribution >= 0.6 is 23.4 Å². The SMILES string of the molecule is CSCC(C)CNCc1cc(F)ccc1Cl. The van der Waals surface area contributed by atoms with E-state index in [-0.39, 0.29) is 5.82 Å². The maximum absolute atomic E-state index is 13.0. The number of halogens is 2. The Morgan fingerprint density at radius 1 is 1.50 bits per heavy atom. The van der Waals surface area contributed by atoms with E-state index in [9.17, 15) is 4.39 Å². The molecule has 0 radical (unpaired) electrons. The van der Waals surface area contributed by atoms with E-state index >= 15 is 0 Å². The summed E-state index contributed by atoms with van der Waals surface area (Å²) in [5.74, 6) is 1.50. The fourth-order valence-corrected chi connectivity index (χ4v) is 2.35. The molecule has 0 saturated heterocycles. The van der Waals surface area contributed by atoms with E-state index in [2.05, 4.69) is 18.5 Å². The van der Waals surface area contributed by atoms with Crippen LogP contribution in [0.4, 0.5) is 4.39 Å². The van der Waals surface area contributed by atoms with Crippen molar-refractivity contribution in [1.29, 1.82) is 0 Å². The van der Waals surface area contributed by atoms with Gasteiger partial charge in [-0.25, -0.2) is 4.39 Å². The summed E-state index contributed by atoms with van der Waals surface area (Å²) in [6.45, 7) is 3.74. The lowest BCUT2D eigenvalue weighted by Gasteiger charge is -2.11. The molecule has 0 aliphatic heterocycles. The lowest BCUT2D eigenvalue weighted by Crippen LogP contribution is -2.22. The molecule has 0 amide bonds. The van der Waals surface area contributed by atoms with E-state index in [1.807, 2.05) is 11.8 Å². The van der Waals surface area contributed by atoms with Gasteiger partial charge < -0.3 is 5.32 Å². The maximum atomic E-state index is 13.0. The van der Waals surface area contributed by atoms with Crippen LogP contribution in [0.3, 0.4) is 0 Å². The van der Waals surface area contributed by atoms with Gasteiger partial charge in [0.25, 0.3) is 0 Å². The van der Waals surface area contributed by atoms with Crippen LogP contribution in [0.25, 0.3) is 0 Å². The van der Waals surface area contributed by atoms with Crippen molar-refractivity contribution in [3.63, 3.8) is 0 Å². The summed E-state index contributed by atoms with van der Waals surface area (Å²) in [6.07, 6.45) is 2.10. The molecule has 0 aromatic heterocycles. The van der Waals surface area contributed by atoms with Crippen molar-refractivity contribution >= 4 is 23.4 Å². The molecule has 0 fully saturated rings. The Labute approximate surface area is 106 Å². The standard InChI is InChI=1S/C12H17ClFNS/c1-9(8-16-2)6-15-7-10-5-11(14)3-4-12(10)13/h3-5,9,15H,6-8H2,1-2H3. The van der Waals surface area contributed by atoms with Crippen LogP contribution in [0.2, 0.25) is 5.02 Å². The number of hydrogen-bond acceptors (Lipinski definition) is 2. The average molecular weight is 262 g/mol. The maximum Gasteiger partial charge on any atom is 0.123 e. The van der Waals surface area contributed by atoms with Crippen LogP contribution in [0.15, 0.2) is 18.2 Å². The number of nitrogens with one attached hydrogen (secondary N) is 1. The van der Waals surface area contributed by atoms with Gasteiger partial charge in [0.15, 0.2) is 0 Å². The molecule has 0 aliphatic carbocycles. The summed E-state index contributed by atoms with van der Waals surface area (Å²) < 4.78 is 13.0. The third kappa shape index (κ3) is 4.73. The zero-order chi connectivity index (χ0) is 12.0. The van der Waals surface area contributed by atoms with Gasteiger partial charge in [-0.3, -0.25) is 0 Å². The summed E-state index contributed by atoms with van der Waals surface area (Å²) in [4.78, 5) is 0. The van der Waals surface area contributed by atoms with Crippen molar-refractivity contribution in [3.8, 4) is 0 Å². The number of benzene rings is 1. The highest BCUT2D eigenvalue weighted by molar-refractivity contribution is 7.98. The fraction of sp³-hybridized carbons (Fsp3) is 0.500. The first-order chi connectivity index (χ1) is 7.63. The molecule has 1 atom stereocenters. The summed E-state index contributed by atoms with van der Waals surface area (Å²) in [5.41, 5.74) is 0.818. The number of hydrogen-bond donors (Lipinski definition) is 1.